The first-order valence-corrected chi connectivity index (χ1v) is 14.1. The van der Waals surface area contributed by atoms with Gasteiger partial charge in [0.1, 0.15) is 0 Å². The van der Waals surface area contributed by atoms with Crippen LogP contribution in [-0.4, -0.2) is 85.0 Å². The number of piperazine rings is 1. The lowest BCUT2D eigenvalue weighted by Crippen LogP contribution is -2.67. The number of benzene rings is 2. The normalized spacial score (nSPS) is 30.9. The number of amides is 1. The summed E-state index contributed by atoms with van der Waals surface area (Å²) in [6.45, 7) is 10.7. The minimum atomic E-state index is 0.160. The standard InChI is InChI=1S/C31H44N4O/c1-4-34(5-2)29(36)23-32-28-22-31(35-18-16-33(3)17-19-35)20-26(24-12-8-6-9-13-24)30(28)27(21-31)25-14-10-7-11-15-25/h6-15,26-28,30,32H,4-5,16-23H2,1-3H3/t26-,27-,28-,30?,31?/m0/s1. The van der Waals surface area contributed by atoms with Crippen molar-refractivity contribution in [3.8, 4) is 0 Å². The number of hydrogen-bond acceptors (Lipinski definition) is 4. The van der Waals surface area contributed by atoms with Crippen molar-refractivity contribution in [3.05, 3.63) is 71.8 Å². The van der Waals surface area contributed by atoms with Gasteiger partial charge in [-0.15, -0.1) is 0 Å². The third-order valence-corrected chi connectivity index (χ3v) is 9.45. The highest BCUT2D eigenvalue weighted by Crippen LogP contribution is 2.59. The third kappa shape index (κ3) is 4.98. The van der Waals surface area contributed by atoms with E-state index in [1.807, 2.05) is 4.90 Å². The van der Waals surface area contributed by atoms with Crippen LogP contribution in [0.15, 0.2) is 60.7 Å². The van der Waals surface area contributed by atoms with Gasteiger partial charge in [0.25, 0.3) is 0 Å². The fraction of sp³-hybridized carbons (Fsp3) is 0.581. The van der Waals surface area contributed by atoms with E-state index in [0.29, 0.717) is 30.3 Å². The van der Waals surface area contributed by atoms with E-state index in [4.69, 9.17) is 0 Å². The molecule has 5 nitrogen and oxygen atoms in total. The van der Waals surface area contributed by atoms with Crippen LogP contribution < -0.4 is 5.32 Å². The minimum Gasteiger partial charge on any atom is -0.342 e. The first kappa shape index (κ1) is 25.4. The van der Waals surface area contributed by atoms with Crippen LogP contribution >= 0.6 is 0 Å². The topological polar surface area (TPSA) is 38.8 Å². The van der Waals surface area contributed by atoms with Gasteiger partial charge in [0.2, 0.25) is 5.91 Å². The molecule has 5 heteroatoms. The lowest BCUT2D eigenvalue weighted by molar-refractivity contribution is -0.130. The van der Waals surface area contributed by atoms with Crippen LogP contribution in [0, 0.1) is 5.92 Å². The molecule has 194 valence electrons. The molecule has 0 radical (unpaired) electrons. The summed E-state index contributed by atoms with van der Waals surface area (Å²) < 4.78 is 0. The maximum atomic E-state index is 13.0. The molecule has 3 atom stereocenters. The molecular formula is C31H44N4O. The quantitative estimate of drug-likeness (QED) is 0.605. The first-order valence-electron chi connectivity index (χ1n) is 14.1. The van der Waals surface area contributed by atoms with Crippen molar-refractivity contribution in [1.29, 1.82) is 0 Å². The van der Waals surface area contributed by atoms with E-state index in [0.717, 1.165) is 45.7 Å². The van der Waals surface area contributed by atoms with Crippen LogP contribution in [0.4, 0.5) is 0 Å². The Bertz CT molecular complexity index is 935. The highest BCUT2D eigenvalue weighted by atomic mass is 16.2. The predicted octanol–water partition coefficient (Wildman–Crippen LogP) is 4.18. The summed E-state index contributed by atoms with van der Waals surface area (Å²) in [6.07, 6.45) is 3.58. The number of hydrogen-bond donors (Lipinski definition) is 1. The number of rotatable bonds is 8. The number of likely N-dealkylation sites (N-methyl/N-ethyl adjacent to an activating group) is 2. The Kier molecular flexibility index (Phi) is 7.80. The van der Waals surface area contributed by atoms with Gasteiger partial charge in [-0.25, -0.2) is 0 Å². The van der Waals surface area contributed by atoms with Gasteiger partial charge < -0.3 is 15.1 Å². The lowest BCUT2D eigenvalue weighted by Gasteiger charge is -2.63. The molecule has 0 unspecified atom stereocenters. The van der Waals surface area contributed by atoms with E-state index >= 15 is 0 Å². The Morgan fingerprint density at radius 3 is 1.89 bits per heavy atom. The SMILES string of the molecule is CCN(CC)C(=O)CN[C@H]1CC2(N3CCN(C)CC3)C[C@@H](c3ccccc3)C1[C@H](c1ccccc1)C2. The fourth-order valence-corrected chi connectivity index (χ4v) is 7.59. The van der Waals surface area contributed by atoms with Crippen LogP contribution in [0.5, 0.6) is 0 Å². The molecular weight excluding hydrogens is 444 g/mol. The van der Waals surface area contributed by atoms with Crippen molar-refractivity contribution in [2.75, 3.05) is 52.9 Å². The molecule has 6 rings (SSSR count). The zero-order valence-corrected chi connectivity index (χ0v) is 22.4. The van der Waals surface area contributed by atoms with Gasteiger partial charge in [-0.05, 0) is 69.0 Å². The van der Waals surface area contributed by atoms with Gasteiger partial charge in [-0.3, -0.25) is 9.69 Å². The average Bonchev–Trinajstić information content (AvgIpc) is 2.93. The van der Waals surface area contributed by atoms with Crippen molar-refractivity contribution in [1.82, 2.24) is 20.0 Å². The third-order valence-electron chi connectivity index (χ3n) is 9.45. The monoisotopic (exact) mass is 488 g/mol. The molecule has 1 heterocycles. The molecule has 1 saturated heterocycles. The molecule has 3 saturated carbocycles. The van der Waals surface area contributed by atoms with Gasteiger partial charge in [0.15, 0.2) is 0 Å². The van der Waals surface area contributed by atoms with E-state index in [1.165, 1.54) is 24.0 Å². The maximum absolute atomic E-state index is 13.0. The Balaban J connectivity index is 1.52. The summed E-state index contributed by atoms with van der Waals surface area (Å²) in [5, 5.41) is 3.85. The maximum Gasteiger partial charge on any atom is 0.236 e. The summed E-state index contributed by atoms with van der Waals surface area (Å²) >= 11 is 0. The van der Waals surface area contributed by atoms with E-state index in [2.05, 4.69) is 96.7 Å². The molecule has 0 aromatic heterocycles. The zero-order valence-electron chi connectivity index (χ0n) is 22.4. The molecule has 1 aliphatic heterocycles. The number of carbonyl (C=O) groups excluding carboxylic acids is 1. The van der Waals surface area contributed by atoms with E-state index < -0.39 is 0 Å². The summed E-state index contributed by atoms with van der Waals surface area (Å²) in [5.41, 5.74) is 3.08. The highest BCUT2D eigenvalue weighted by molar-refractivity contribution is 5.78. The van der Waals surface area contributed by atoms with Crippen LogP contribution in [-0.2, 0) is 4.79 Å². The predicted molar refractivity (Wildman–Crippen MR) is 147 cm³/mol. The summed E-state index contributed by atoms with van der Waals surface area (Å²) in [5.74, 6) is 1.68. The van der Waals surface area contributed by atoms with Crippen LogP contribution in [0.1, 0.15) is 56.1 Å². The van der Waals surface area contributed by atoms with Crippen LogP contribution in [0.2, 0.25) is 0 Å². The number of fused-ring (bicyclic) bond motifs is 3. The molecule has 1 N–H and O–H groups in total. The Labute approximate surface area is 217 Å². The summed E-state index contributed by atoms with van der Waals surface area (Å²) in [7, 11) is 2.25. The fourth-order valence-electron chi connectivity index (χ4n) is 7.59. The molecule has 2 aromatic carbocycles. The summed E-state index contributed by atoms with van der Waals surface area (Å²) in [4.78, 5) is 20.3. The number of nitrogens with one attached hydrogen (secondary N) is 1. The van der Waals surface area contributed by atoms with E-state index in [9.17, 15) is 4.79 Å². The smallest absolute Gasteiger partial charge is 0.236 e. The molecule has 36 heavy (non-hydrogen) atoms. The minimum absolute atomic E-state index is 0.160. The molecule has 2 bridgehead atoms. The van der Waals surface area contributed by atoms with Gasteiger partial charge >= 0.3 is 0 Å². The van der Waals surface area contributed by atoms with Crippen LogP contribution in [0.25, 0.3) is 0 Å². The van der Waals surface area contributed by atoms with Crippen molar-refractivity contribution in [2.24, 2.45) is 5.92 Å². The van der Waals surface area contributed by atoms with Crippen molar-refractivity contribution < 1.29 is 4.79 Å². The zero-order chi connectivity index (χ0) is 25.1. The van der Waals surface area contributed by atoms with Gasteiger partial charge in [0.05, 0.1) is 6.54 Å². The van der Waals surface area contributed by atoms with Crippen molar-refractivity contribution >= 4 is 5.91 Å². The van der Waals surface area contributed by atoms with E-state index in [-0.39, 0.29) is 11.4 Å². The second-order valence-electron chi connectivity index (χ2n) is 11.3. The Morgan fingerprint density at radius 2 is 1.39 bits per heavy atom. The molecule has 0 spiro atoms. The summed E-state index contributed by atoms with van der Waals surface area (Å²) in [6, 6.07) is 22.7. The molecule has 4 fully saturated rings. The first-order chi connectivity index (χ1) is 17.5. The van der Waals surface area contributed by atoms with Gasteiger partial charge in [0, 0.05) is 50.8 Å². The van der Waals surface area contributed by atoms with Gasteiger partial charge in [-0.1, -0.05) is 60.7 Å². The number of nitrogens with zero attached hydrogens (tertiary/aromatic N) is 3. The van der Waals surface area contributed by atoms with Crippen LogP contribution in [0.3, 0.4) is 0 Å². The average molecular weight is 489 g/mol. The number of carbonyl (C=O) groups is 1. The second-order valence-corrected chi connectivity index (χ2v) is 11.3. The second kappa shape index (κ2) is 11.0. The molecule has 2 aromatic rings. The lowest BCUT2D eigenvalue weighted by atomic mass is 9.51. The largest absolute Gasteiger partial charge is 0.342 e. The Morgan fingerprint density at radius 1 is 0.861 bits per heavy atom. The molecule has 4 aliphatic rings. The molecule has 3 aliphatic carbocycles. The Hall–Kier alpha value is -2.21. The van der Waals surface area contributed by atoms with E-state index in [1.54, 1.807) is 0 Å². The van der Waals surface area contributed by atoms with Gasteiger partial charge in [-0.2, -0.15) is 0 Å². The van der Waals surface area contributed by atoms with Crippen molar-refractivity contribution in [2.45, 2.75) is 56.5 Å². The van der Waals surface area contributed by atoms with Crippen molar-refractivity contribution in [3.63, 3.8) is 0 Å². The highest BCUT2D eigenvalue weighted by Gasteiger charge is 2.57. The molecule has 1 amide bonds.